The van der Waals surface area contributed by atoms with E-state index in [2.05, 4.69) is 12.6 Å². The van der Waals surface area contributed by atoms with E-state index in [-0.39, 0.29) is 5.92 Å². The second kappa shape index (κ2) is 7.05. The van der Waals surface area contributed by atoms with E-state index in [1.165, 1.54) is 0 Å². The highest BCUT2D eigenvalue weighted by molar-refractivity contribution is 5.80. The highest BCUT2D eigenvalue weighted by Gasteiger charge is 2.43. The summed E-state index contributed by atoms with van der Waals surface area (Å²) >= 11 is 0. The maximum Gasteiger partial charge on any atom is 0.327 e. The molecule has 3 heteroatoms. The van der Waals surface area contributed by atoms with Gasteiger partial charge in [0.2, 0.25) is 0 Å². The van der Waals surface area contributed by atoms with Crippen LogP contribution in [0.25, 0.3) is 0 Å². The summed E-state index contributed by atoms with van der Waals surface area (Å²) in [7, 11) is 0. The third-order valence-corrected chi connectivity index (χ3v) is 2.87. The molecule has 90 valence electrons. The number of nitrogens with zero attached hydrogens (tertiary/aromatic N) is 1. The lowest BCUT2D eigenvalue weighted by Crippen LogP contribution is -2.37. The van der Waals surface area contributed by atoms with Crippen LogP contribution >= 0.6 is 0 Å². The van der Waals surface area contributed by atoms with E-state index in [9.17, 15) is 10.1 Å². The molecule has 2 unspecified atom stereocenters. The Labute approximate surface area is 98.1 Å². The number of carbonyl (C=O) groups is 1. The van der Waals surface area contributed by atoms with Crippen LogP contribution < -0.4 is 0 Å². The molecule has 0 N–H and O–H groups in total. The molecule has 0 heterocycles. The van der Waals surface area contributed by atoms with Crippen molar-refractivity contribution in [2.75, 3.05) is 6.61 Å². The Morgan fingerprint density at radius 2 is 2.25 bits per heavy atom. The summed E-state index contributed by atoms with van der Waals surface area (Å²) < 4.78 is 5.01. The van der Waals surface area contributed by atoms with E-state index >= 15 is 0 Å². The van der Waals surface area contributed by atoms with Gasteiger partial charge in [0.05, 0.1) is 12.7 Å². The lowest BCUT2D eigenvalue weighted by molar-refractivity contribution is -0.154. The maximum atomic E-state index is 11.9. The van der Waals surface area contributed by atoms with Gasteiger partial charge in [-0.1, -0.05) is 26.3 Å². The molecule has 2 atom stereocenters. The monoisotopic (exact) mass is 223 g/mol. The van der Waals surface area contributed by atoms with E-state index in [0.717, 1.165) is 12.8 Å². The van der Waals surface area contributed by atoms with Crippen molar-refractivity contribution in [3.05, 3.63) is 12.7 Å². The normalized spacial score (nSPS) is 15.6. The molecule has 0 spiro atoms. The fourth-order valence-electron chi connectivity index (χ4n) is 1.85. The first-order chi connectivity index (χ1) is 7.58. The molecule has 0 fully saturated rings. The number of ether oxygens (including phenoxy) is 1. The van der Waals surface area contributed by atoms with Crippen molar-refractivity contribution >= 4 is 5.97 Å². The molecule has 0 aliphatic rings. The maximum absolute atomic E-state index is 11.9. The first-order valence-electron chi connectivity index (χ1n) is 5.78. The number of nitriles is 1. The highest BCUT2D eigenvalue weighted by Crippen LogP contribution is 2.35. The van der Waals surface area contributed by atoms with Crippen molar-refractivity contribution in [2.24, 2.45) is 11.3 Å². The zero-order chi connectivity index (χ0) is 12.6. The minimum atomic E-state index is -1.06. The van der Waals surface area contributed by atoms with Crippen molar-refractivity contribution in [1.82, 2.24) is 0 Å². The van der Waals surface area contributed by atoms with Crippen molar-refractivity contribution in [3.63, 3.8) is 0 Å². The van der Waals surface area contributed by atoms with Crippen LogP contribution in [0, 0.1) is 22.7 Å². The van der Waals surface area contributed by atoms with Gasteiger partial charge in [0.1, 0.15) is 0 Å². The Morgan fingerprint density at radius 3 is 2.62 bits per heavy atom. The van der Waals surface area contributed by atoms with Gasteiger partial charge in [0.25, 0.3) is 0 Å². The van der Waals surface area contributed by atoms with Crippen molar-refractivity contribution in [1.29, 1.82) is 5.26 Å². The number of hydrogen-bond donors (Lipinski definition) is 0. The number of allylic oxidation sites excluding steroid dienone is 1. The molecule has 0 amide bonds. The first kappa shape index (κ1) is 14.7. The SMILES string of the molecule is C=CCC(C#N)(C(=O)OCC)C(C)CCC. The van der Waals surface area contributed by atoms with Gasteiger partial charge in [-0.3, -0.25) is 4.79 Å². The molecular formula is C13H21NO2. The minimum absolute atomic E-state index is 0.0143. The van der Waals surface area contributed by atoms with Gasteiger partial charge in [0.15, 0.2) is 5.41 Å². The number of rotatable bonds is 7. The smallest absolute Gasteiger partial charge is 0.327 e. The molecule has 16 heavy (non-hydrogen) atoms. The fraction of sp³-hybridized carbons (Fsp3) is 0.692. The third kappa shape index (κ3) is 3.10. The van der Waals surface area contributed by atoms with E-state index in [1.807, 2.05) is 13.8 Å². The summed E-state index contributed by atoms with van der Waals surface area (Å²) in [5.74, 6) is -0.433. The predicted octanol–water partition coefficient (Wildman–Crippen LogP) is 3.07. The molecule has 0 saturated heterocycles. The van der Waals surface area contributed by atoms with Crippen LogP contribution in [0.3, 0.4) is 0 Å². The van der Waals surface area contributed by atoms with E-state index in [1.54, 1.807) is 13.0 Å². The predicted molar refractivity (Wildman–Crippen MR) is 63.6 cm³/mol. The molecule has 0 aliphatic heterocycles. The lowest BCUT2D eigenvalue weighted by Gasteiger charge is -2.29. The van der Waals surface area contributed by atoms with Crippen molar-refractivity contribution in [2.45, 2.75) is 40.0 Å². The first-order valence-corrected chi connectivity index (χ1v) is 5.78. The number of carbonyl (C=O) groups excluding carboxylic acids is 1. The lowest BCUT2D eigenvalue weighted by atomic mass is 9.73. The standard InChI is InChI=1S/C13H21NO2/c1-5-8-11(4)13(10-14,9-6-2)12(15)16-7-3/h6,11H,2,5,7-9H2,1,3-4H3. The van der Waals surface area contributed by atoms with Crippen LogP contribution in [-0.2, 0) is 9.53 Å². The molecular weight excluding hydrogens is 202 g/mol. The molecule has 0 bridgehead atoms. The van der Waals surface area contributed by atoms with Crippen LogP contribution in [0.2, 0.25) is 0 Å². The fourth-order valence-corrected chi connectivity index (χ4v) is 1.85. The highest BCUT2D eigenvalue weighted by atomic mass is 16.5. The molecule has 0 aliphatic carbocycles. The van der Waals surface area contributed by atoms with E-state index in [4.69, 9.17) is 4.74 Å². The Hall–Kier alpha value is -1.30. The third-order valence-electron chi connectivity index (χ3n) is 2.87. The van der Waals surface area contributed by atoms with Gasteiger partial charge in [-0.05, 0) is 25.7 Å². The second-order valence-corrected chi connectivity index (χ2v) is 3.99. The van der Waals surface area contributed by atoms with E-state index < -0.39 is 11.4 Å². The van der Waals surface area contributed by atoms with Crippen molar-refractivity contribution in [3.8, 4) is 6.07 Å². The molecule has 0 aromatic heterocycles. The summed E-state index contributed by atoms with van der Waals surface area (Å²) in [6, 6.07) is 2.14. The zero-order valence-electron chi connectivity index (χ0n) is 10.5. The van der Waals surface area contributed by atoms with Crippen LogP contribution in [-0.4, -0.2) is 12.6 Å². The van der Waals surface area contributed by atoms with Crippen molar-refractivity contribution < 1.29 is 9.53 Å². The Bertz CT molecular complexity index is 280. The molecule has 0 saturated carbocycles. The molecule has 0 radical (unpaired) electrons. The Kier molecular flexibility index (Phi) is 6.48. The average Bonchev–Trinajstić information content (AvgIpc) is 2.26. The zero-order valence-corrected chi connectivity index (χ0v) is 10.5. The average molecular weight is 223 g/mol. The van der Waals surface area contributed by atoms with Crippen LogP contribution in [0.5, 0.6) is 0 Å². The molecule has 0 rings (SSSR count). The Balaban J connectivity index is 5.06. The topological polar surface area (TPSA) is 50.1 Å². The summed E-state index contributed by atoms with van der Waals surface area (Å²) in [5, 5.41) is 9.30. The van der Waals surface area contributed by atoms with Gasteiger partial charge < -0.3 is 4.74 Å². The van der Waals surface area contributed by atoms with Crippen LogP contribution in [0.15, 0.2) is 12.7 Å². The second-order valence-electron chi connectivity index (χ2n) is 3.99. The quantitative estimate of drug-likeness (QED) is 0.492. The number of hydrogen-bond acceptors (Lipinski definition) is 3. The summed E-state index contributed by atoms with van der Waals surface area (Å²) in [6.45, 7) is 9.64. The summed E-state index contributed by atoms with van der Waals surface area (Å²) in [6.07, 6.45) is 3.75. The van der Waals surface area contributed by atoms with Gasteiger partial charge in [-0.15, -0.1) is 6.58 Å². The summed E-state index contributed by atoms with van der Waals surface area (Å²) in [5.41, 5.74) is -1.06. The van der Waals surface area contributed by atoms with E-state index in [0.29, 0.717) is 13.0 Å². The van der Waals surface area contributed by atoms with Gasteiger partial charge in [-0.2, -0.15) is 5.26 Å². The minimum Gasteiger partial charge on any atom is -0.465 e. The molecule has 0 aromatic rings. The van der Waals surface area contributed by atoms with Crippen LogP contribution in [0.1, 0.15) is 40.0 Å². The largest absolute Gasteiger partial charge is 0.465 e. The number of esters is 1. The Morgan fingerprint density at radius 1 is 1.62 bits per heavy atom. The van der Waals surface area contributed by atoms with Crippen LogP contribution in [0.4, 0.5) is 0 Å². The molecule has 0 aromatic carbocycles. The van der Waals surface area contributed by atoms with Gasteiger partial charge in [-0.25, -0.2) is 0 Å². The summed E-state index contributed by atoms with van der Waals surface area (Å²) in [4.78, 5) is 11.9. The van der Waals surface area contributed by atoms with Gasteiger partial charge >= 0.3 is 5.97 Å². The molecule has 3 nitrogen and oxygen atoms in total. The van der Waals surface area contributed by atoms with Gasteiger partial charge in [0, 0.05) is 0 Å².